The van der Waals surface area contributed by atoms with E-state index in [1.807, 2.05) is 24.3 Å². The Morgan fingerprint density at radius 1 is 0.927 bits per heavy atom. The van der Waals surface area contributed by atoms with Crippen LogP contribution in [0.15, 0.2) is 35.5 Å². The third-order valence-electron chi connectivity index (χ3n) is 6.15. The van der Waals surface area contributed by atoms with Crippen LogP contribution >= 0.6 is 12.6 Å². The van der Waals surface area contributed by atoms with E-state index in [1.165, 1.54) is 0 Å². The van der Waals surface area contributed by atoms with E-state index in [-0.39, 0.29) is 43.9 Å². The predicted octanol–water partition coefficient (Wildman–Crippen LogP) is -2.17. The van der Waals surface area contributed by atoms with E-state index in [1.54, 1.807) is 6.20 Å². The van der Waals surface area contributed by atoms with Gasteiger partial charge in [0, 0.05) is 42.2 Å². The first-order valence-corrected chi connectivity index (χ1v) is 13.4. The van der Waals surface area contributed by atoms with Gasteiger partial charge < -0.3 is 49.0 Å². The first kappa shape index (κ1) is 32.9. The van der Waals surface area contributed by atoms with Gasteiger partial charge in [-0.15, -0.1) is 0 Å². The van der Waals surface area contributed by atoms with Gasteiger partial charge in [0.15, 0.2) is 5.96 Å². The SMILES string of the molecule is NC(=O)CCC(NC(=O)C(Cc1c[nH]c2ccccc12)NC(=O)C(CS)NC(=O)C(N)CCCN=C(N)N)C(=O)O. The van der Waals surface area contributed by atoms with Crippen molar-refractivity contribution in [2.45, 2.75) is 56.3 Å². The summed E-state index contributed by atoms with van der Waals surface area (Å²) in [5.41, 5.74) is 23.1. The van der Waals surface area contributed by atoms with E-state index >= 15 is 0 Å². The molecule has 4 unspecified atom stereocenters. The number of aliphatic carboxylic acids is 1. The van der Waals surface area contributed by atoms with Gasteiger partial charge in [0.1, 0.15) is 18.1 Å². The summed E-state index contributed by atoms with van der Waals surface area (Å²) in [6.45, 7) is 0.279. The molecular weight excluding hydrogens is 554 g/mol. The van der Waals surface area contributed by atoms with E-state index in [2.05, 4.69) is 38.6 Å². The molecule has 16 heteroatoms. The Balaban J connectivity index is 2.18. The number of thiol groups is 1. The highest BCUT2D eigenvalue weighted by atomic mass is 32.1. The van der Waals surface area contributed by atoms with Crippen molar-refractivity contribution in [3.8, 4) is 0 Å². The monoisotopic (exact) mass is 591 g/mol. The maximum Gasteiger partial charge on any atom is 0.326 e. The van der Waals surface area contributed by atoms with Crippen molar-refractivity contribution >= 4 is 59.1 Å². The van der Waals surface area contributed by atoms with Crippen LogP contribution in [0.25, 0.3) is 10.9 Å². The van der Waals surface area contributed by atoms with E-state index in [0.29, 0.717) is 12.0 Å². The number of carbonyl (C=O) groups excluding carboxylic acids is 4. The number of aromatic nitrogens is 1. The fourth-order valence-corrected chi connectivity index (χ4v) is 4.20. The zero-order valence-corrected chi connectivity index (χ0v) is 23.2. The normalized spacial score (nSPS) is 13.8. The summed E-state index contributed by atoms with van der Waals surface area (Å²) in [5, 5.41) is 17.8. The van der Waals surface area contributed by atoms with Gasteiger partial charge in [-0.25, -0.2) is 4.79 Å². The molecule has 224 valence electrons. The molecule has 13 N–H and O–H groups in total. The number of carbonyl (C=O) groups is 5. The highest BCUT2D eigenvalue weighted by Gasteiger charge is 2.30. The van der Waals surface area contributed by atoms with Crippen molar-refractivity contribution in [1.29, 1.82) is 0 Å². The van der Waals surface area contributed by atoms with Gasteiger partial charge in [-0.2, -0.15) is 12.6 Å². The average Bonchev–Trinajstić information content (AvgIpc) is 3.33. The lowest BCUT2D eigenvalue weighted by atomic mass is 10.0. The first-order chi connectivity index (χ1) is 19.4. The fraction of sp³-hybridized carbons (Fsp3) is 0.440. The number of hydrogen-bond donors (Lipinski definition) is 10. The summed E-state index contributed by atoms with van der Waals surface area (Å²) in [4.78, 5) is 68.8. The van der Waals surface area contributed by atoms with Gasteiger partial charge >= 0.3 is 5.97 Å². The van der Waals surface area contributed by atoms with Crippen molar-refractivity contribution in [3.05, 3.63) is 36.0 Å². The molecule has 0 aliphatic carbocycles. The average molecular weight is 592 g/mol. The molecular formula is C25H37N9O6S. The van der Waals surface area contributed by atoms with E-state index in [0.717, 1.165) is 10.9 Å². The third-order valence-corrected chi connectivity index (χ3v) is 6.51. The largest absolute Gasteiger partial charge is 0.480 e. The predicted molar refractivity (Wildman–Crippen MR) is 156 cm³/mol. The molecule has 0 bridgehead atoms. The minimum Gasteiger partial charge on any atom is -0.480 e. The van der Waals surface area contributed by atoms with Gasteiger partial charge in [0.2, 0.25) is 23.6 Å². The zero-order valence-electron chi connectivity index (χ0n) is 22.3. The third kappa shape index (κ3) is 10.6. The van der Waals surface area contributed by atoms with Crippen molar-refractivity contribution in [3.63, 3.8) is 0 Å². The molecule has 2 rings (SSSR count). The quantitative estimate of drug-likeness (QED) is 0.0414. The summed E-state index contributed by atoms with van der Waals surface area (Å²) < 4.78 is 0. The number of aromatic amines is 1. The molecule has 0 spiro atoms. The fourth-order valence-electron chi connectivity index (χ4n) is 3.94. The van der Waals surface area contributed by atoms with Crippen molar-refractivity contribution in [1.82, 2.24) is 20.9 Å². The molecule has 4 amide bonds. The molecule has 1 aromatic heterocycles. The maximum atomic E-state index is 13.3. The molecule has 0 aliphatic heterocycles. The lowest BCUT2D eigenvalue weighted by molar-refractivity contribution is -0.142. The number of rotatable bonds is 17. The number of benzene rings is 1. The molecule has 15 nitrogen and oxygen atoms in total. The summed E-state index contributed by atoms with van der Waals surface area (Å²) in [7, 11) is 0. The van der Waals surface area contributed by atoms with Crippen LogP contribution in [-0.2, 0) is 30.4 Å². The van der Waals surface area contributed by atoms with Crippen LogP contribution in [0.3, 0.4) is 0 Å². The number of fused-ring (bicyclic) bond motifs is 1. The molecule has 4 atom stereocenters. The number of para-hydroxylation sites is 1. The first-order valence-electron chi connectivity index (χ1n) is 12.8. The number of guanidine groups is 1. The summed E-state index contributed by atoms with van der Waals surface area (Å²) in [5.74, 6) is -4.44. The number of H-pyrrole nitrogens is 1. The van der Waals surface area contributed by atoms with Crippen LogP contribution in [0.1, 0.15) is 31.2 Å². The Morgan fingerprint density at radius 2 is 1.56 bits per heavy atom. The molecule has 41 heavy (non-hydrogen) atoms. The molecule has 0 saturated heterocycles. The number of amides is 4. The van der Waals surface area contributed by atoms with Crippen molar-refractivity contribution in [2.24, 2.45) is 27.9 Å². The number of carboxylic acids is 1. The Bertz CT molecular complexity index is 1260. The minimum atomic E-state index is -1.42. The molecule has 2 aromatic rings. The van der Waals surface area contributed by atoms with Gasteiger partial charge in [-0.1, -0.05) is 18.2 Å². The standard InChI is InChI=1S/C25H37N9O6S/c26-15(5-3-9-30-25(28)29)21(36)34-19(12-41)23(38)33-18(10-13-11-31-16-6-2-1-4-14(13)16)22(37)32-17(24(39)40)7-8-20(27)35/h1-2,4,6,11,15,17-19,31,41H,3,5,7-10,12,26H2,(H2,27,35)(H,32,37)(H,33,38)(H,34,36)(H,39,40)(H4,28,29,30). The molecule has 0 saturated carbocycles. The van der Waals surface area contributed by atoms with Crippen LogP contribution in [-0.4, -0.2) is 82.1 Å². The van der Waals surface area contributed by atoms with Crippen LogP contribution in [0, 0.1) is 0 Å². The summed E-state index contributed by atoms with van der Waals surface area (Å²) >= 11 is 4.16. The lowest BCUT2D eigenvalue weighted by Crippen LogP contribution is -2.58. The van der Waals surface area contributed by atoms with Crippen molar-refractivity contribution < 1.29 is 29.1 Å². The number of nitrogens with one attached hydrogen (secondary N) is 4. The number of carboxylic acid groups (broad SMARTS) is 1. The Hall–Kier alpha value is -4.31. The molecule has 1 heterocycles. The second-order valence-corrected chi connectivity index (χ2v) is 9.69. The Kier molecular flexibility index (Phi) is 12.9. The smallest absolute Gasteiger partial charge is 0.326 e. The minimum absolute atomic E-state index is 0.0126. The van der Waals surface area contributed by atoms with E-state index < -0.39 is 53.8 Å². The highest BCUT2D eigenvalue weighted by molar-refractivity contribution is 7.80. The number of primary amides is 1. The summed E-state index contributed by atoms with van der Waals surface area (Å²) in [6.07, 6.45) is 1.84. The number of nitrogens with zero attached hydrogens (tertiary/aromatic N) is 1. The maximum absolute atomic E-state index is 13.3. The number of nitrogens with two attached hydrogens (primary N) is 4. The van der Waals surface area contributed by atoms with Gasteiger partial charge in [-0.3, -0.25) is 24.2 Å². The zero-order chi connectivity index (χ0) is 30.5. The topological polar surface area (TPSA) is 274 Å². The second kappa shape index (κ2) is 16.1. The van der Waals surface area contributed by atoms with Gasteiger partial charge in [0.05, 0.1) is 6.04 Å². The van der Waals surface area contributed by atoms with Crippen LogP contribution in [0.2, 0.25) is 0 Å². The highest BCUT2D eigenvalue weighted by Crippen LogP contribution is 2.19. The lowest BCUT2D eigenvalue weighted by Gasteiger charge is -2.24. The molecule has 1 aromatic carbocycles. The number of aliphatic imine (C=N–C) groups is 1. The van der Waals surface area contributed by atoms with E-state index in [9.17, 15) is 29.1 Å². The van der Waals surface area contributed by atoms with Crippen LogP contribution < -0.4 is 38.9 Å². The van der Waals surface area contributed by atoms with Gasteiger partial charge in [0.25, 0.3) is 0 Å². The summed E-state index contributed by atoms with van der Waals surface area (Å²) in [6, 6.07) is 2.53. The number of hydrogen-bond acceptors (Lipinski definition) is 8. The van der Waals surface area contributed by atoms with Crippen LogP contribution in [0.5, 0.6) is 0 Å². The van der Waals surface area contributed by atoms with Crippen molar-refractivity contribution in [2.75, 3.05) is 12.3 Å². The van der Waals surface area contributed by atoms with Crippen LogP contribution in [0.4, 0.5) is 0 Å². The Labute approximate surface area is 241 Å². The van der Waals surface area contributed by atoms with E-state index in [4.69, 9.17) is 22.9 Å². The molecule has 0 aliphatic rings. The molecule has 0 radical (unpaired) electrons. The Morgan fingerprint density at radius 3 is 2.20 bits per heavy atom. The van der Waals surface area contributed by atoms with Gasteiger partial charge in [-0.05, 0) is 30.9 Å². The second-order valence-electron chi connectivity index (χ2n) is 9.33. The molecule has 0 fully saturated rings.